The van der Waals surface area contributed by atoms with Gasteiger partial charge in [0.15, 0.2) is 0 Å². The van der Waals surface area contributed by atoms with Crippen molar-refractivity contribution in [3.8, 4) is 0 Å². The van der Waals surface area contributed by atoms with Gasteiger partial charge in [-0.05, 0) is 23.8 Å². The minimum absolute atomic E-state index is 0.353. The van der Waals surface area contributed by atoms with Crippen molar-refractivity contribution in [2.45, 2.75) is 25.8 Å². The van der Waals surface area contributed by atoms with Crippen molar-refractivity contribution >= 4 is 33.3 Å². The number of hydrogen-bond acceptors (Lipinski definition) is 5. The van der Waals surface area contributed by atoms with Crippen LogP contribution in [0.15, 0.2) is 11.4 Å². The summed E-state index contributed by atoms with van der Waals surface area (Å²) in [5.74, 6) is 2.04. The standard InChI is InChI=1S/C11H14N4S/c1-2-6-5-8(6)13-9-7-3-4-16-10(7)15-11(12)14-9/h3-4,6,8H,2,5H2,1H3,(H3,12,13,14,15). The van der Waals surface area contributed by atoms with Gasteiger partial charge >= 0.3 is 0 Å². The van der Waals surface area contributed by atoms with E-state index >= 15 is 0 Å². The van der Waals surface area contributed by atoms with Gasteiger partial charge in [-0.15, -0.1) is 11.3 Å². The van der Waals surface area contributed by atoms with Crippen molar-refractivity contribution in [3.05, 3.63) is 11.4 Å². The predicted octanol–water partition coefficient (Wildman–Crippen LogP) is 2.48. The van der Waals surface area contributed by atoms with E-state index in [1.54, 1.807) is 11.3 Å². The van der Waals surface area contributed by atoms with E-state index in [1.807, 2.05) is 11.4 Å². The summed E-state index contributed by atoms with van der Waals surface area (Å²) in [6.45, 7) is 2.22. The van der Waals surface area contributed by atoms with E-state index in [2.05, 4.69) is 22.2 Å². The third-order valence-electron chi connectivity index (χ3n) is 3.11. The summed E-state index contributed by atoms with van der Waals surface area (Å²) in [4.78, 5) is 9.45. The van der Waals surface area contributed by atoms with Crippen LogP contribution in [0, 0.1) is 5.92 Å². The molecule has 84 valence electrons. The normalized spacial score (nSPS) is 23.6. The largest absolute Gasteiger partial charge is 0.368 e. The van der Waals surface area contributed by atoms with Crippen LogP contribution in [0.2, 0.25) is 0 Å². The van der Waals surface area contributed by atoms with Crippen molar-refractivity contribution in [1.29, 1.82) is 0 Å². The molecular formula is C11H14N4S. The van der Waals surface area contributed by atoms with Crippen LogP contribution in [-0.2, 0) is 0 Å². The Balaban J connectivity index is 1.93. The fourth-order valence-electron chi connectivity index (χ4n) is 2.03. The van der Waals surface area contributed by atoms with Crippen LogP contribution >= 0.6 is 11.3 Å². The highest BCUT2D eigenvalue weighted by molar-refractivity contribution is 7.16. The number of thiophene rings is 1. The monoisotopic (exact) mass is 234 g/mol. The Kier molecular flexibility index (Phi) is 2.21. The lowest BCUT2D eigenvalue weighted by atomic mass is 10.3. The molecule has 4 nitrogen and oxygen atoms in total. The summed E-state index contributed by atoms with van der Waals surface area (Å²) in [6.07, 6.45) is 2.47. The topological polar surface area (TPSA) is 63.8 Å². The zero-order chi connectivity index (χ0) is 11.1. The number of anilines is 2. The van der Waals surface area contributed by atoms with Gasteiger partial charge in [-0.1, -0.05) is 13.3 Å². The van der Waals surface area contributed by atoms with Crippen molar-refractivity contribution in [2.24, 2.45) is 5.92 Å². The van der Waals surface area contributed by atoms with Crippen molar-refractivity contribution in [1.82, 2.24) is 9.97 Å². The van der Waals surface area contributed by atoms with Crippen LogP contribution in [0.1, 0.15) is 19.8 Å². The summed E-state index contributed by atoms with van der Waals surface area (Å²) in [6, 6.07) is 2.62. The lowest BCUT2D eigenvalue weighted by molar-refractivity contribution is 0.774. The molecule has 2 unspecified atom stereocenters. The molecule has 1 aliphatic carbocycles. The average molecular weight is 234 g/mol. The van der Waals surface area contributed by atoms with Gasteiger partial charge in [-0.3, -0.25) is 0 Å². The van der Waals surface area contributed by atoms with E-state index in [0.717, 1.165) is 22.0 Å². The number of aromatic nitrogens is 2. The average Bonchev–Trinajstić information content (AvgIpc) is 2.83. The van der Waals surface area contributed by atoms with E-state index in [-0.39, 0.29) is 0 Å². The van der Waals surface area contributed by atoms with Gasteiger partial charge in [0.1, 0.15) is 10.6 Å². The molecule has 1 aliphatic rings. The number of nitrogens with two attached hydrogens (primary N) is 1. The minimum Gasteiger partial charge on any atom is -0.368 e. The molecule has 0 saturated heterocycles. The zero-order valence-electron chi connectivity index (χ0n) is 9.10. The molecule has 5 heteroatoms. The van der Waals surface area contributed by atoms with Crippen molar-refractivity contribution in [3.63, 3.8) is 0 Å². The second-order valence-corrected chi connectivity index (χ2v) is 5.12. The second-order valence-electron chi connectivity index (χ2n) is 4.22. The molecule has 1 saturated carbocycles. The van der Waals surface area contributed by atoms with Gasteiger partial charge < -0.3 is 11.1 Å². The minimum atomic E-state index is 0.353. The van der Waals surface area contributed by atoms with Crippen LogP contribution in [0.25, 0.3) is 10.2 Å². The van der Waals surface area contributed by atoms with Crippen LogP contribution < -0.4 is 11.1 Å². The number of fused-ring (bicyclic) bond motifs is 1. The molecule has 0 bridgehead atoms. The fraction of sp³-hybridized carbons (Fsp3) is 0.455. The maximum atomic E-state index is 5.69. The van der Waals surface area contributed by atoms with E-state index < -0.39 is 0 Å². The molecule has 2 aromatic heterocycles. The lowest BCUT2D eigenvalue weighted by Crippen LogP contribution is -2.08. The SMILES string of the molecule is CCC1CC1Nc1nc(N)nc2sccc12. The van der Waals surface area contributed by atoms with Gasteiger partial charge in [0.2, 0.25) is 5.95 Å². The molecule has 2 heterocycles. The first-order chi connectivity index (χ1) is 7.78. The molecule has 0 aromatic carbocycles. The number of nitrogens with zero attached hydrogens (tertiary/aromatic N) is 2. The molecule has 3 rings (SSSR count). The molecule has 2 atom stereocenters. The Morgan fingerprint density at radius 3 is 3.19 bits per heavy atom. The Morgan fingerprint density at radius 2 is 2.44 bits per heavy atom. The summed E-state index contributed by atoms with van der Waals surface area (Å²) >= 11 is 1.60. The number of hydrogen-bond donors (Lipinski definition) is 2. The Bertz CT molecular complexity index is 522. The van der Waals surface area contributed by atoms with Gasteiger partial charge in [0, 0.05) is 6.04 Å². The molecule has 0 spiro atoms. The van der Waals surface area contributed by atoms with E-state index in [1.165, 1.54) is 12.8 Å². The highest BCUT2D eigenvalue weighted by atomic mass is 32.1. The van der Waals surface area contributed by atoms with Crippen molar-refractivity contribution in [2.75, 3.05) is 11.1 Å². The first-order valence-electron chi connectivity index (χ1n) is 5.55. The molecule has 16 heavy (non-hydrogen) atoms. The zero-order valence-corrected chi connectivity index (χ0v) is 9.92. The molecular weight excluding hydrogens is 220 g/mol. The first kappa shape index (κ1) is 9.84. The van der Waals surface area contributed by atoms with E-state index in [9.17, 15) is 0 Å². The number of nitrogens with one attached hydrogen (secondary N) is 1. The Morgan fingerprint density at radius 1 is 1.56 bits per heavy atom. The molecule has 2 aromatic rings. The summed E-state index contributed by atoms with van der Waals surface area (Å²) in [5, 5.41) is 6.57. The summed E-state index contributed by atoms with van der Waals surface area (Å²) in [5.41, 5.74) is 5.69. The highest BCUT2D eigenvalue weighted by Gasteiger charge is 2.35. The third kappa shape index (κ3) is 1.61. The smallest absolute Gasteiger partial charge is 0.223 e. The number of rotatable bonds is 3. The highest BCUT2D eigenvalue weighted by Crippen LogP contribution is 2.37. The molecule has 0 aliphatic heterocycles. The molecule has 1 fully saturated rings. The first-order valence-corrected chi connectivity index (χ1v) is 6.43. The Hall–Kier alpha value is -1.36. The van der Waals surface area contributed by atoms with Crippen LogP contribution in [0.3, 0.4) is 0 Å². The van der Waals surface area contributed by atoms with E-state index in [4.69, 9.17) is 5.73 Å². The van der Waals surface area contributed by atoms with Gasteiger partial charge in [0.05, 0.1) is 5.39 Å². The van der Waals surface area contributed by atoms with Crippen molar-refractivity contribution < 1.29 is 0 Å². The molecule has 0 radical (unpaired) electrons. The van der Waals surface area contributed by atoms with Crippen LogP contribution in [-0.4, -0.2) is 16.0 Å². The van der Waals surface area contributed by atoms with Crippen LogP contribution in [0.5, 0.6) is 0 Å². The maximum absolute atomic E-state index is 5.69. The fourth-order valence-corrected chi connectivity index (χ4v) is 2.80. The Labute approximate surface area is 97.9 Å². The quantitative estimate of drug-likeness (QED) is 0.856. The summed E-state index contributed by atoms with van der Waals surface area (Å²) in [7, 11) is 0. The number of nitrogen functional groups attached to an aromatic ring is 1. The van der Waals surface area contributed by atoms with E-state index in [0.29, 0.717) is 12.0 Å². The van der Waals surface area contributed by atoms with Crippen LogP contribution in [0.4, 0.5) is 11.8 Å². The van der Waals surface area contributed by atoms with Gasteiger partial charge in [-0.2, -0.15) is 4.98 Å². The van der Waals surface area contributed by atoms with Gasteiger partial charge in [-0.25, -0.2) is 4.98 Å². The maximum Gasteiger partial charge on any atom is 0.223 e. The lowest BCUT2D eigenvalue weighted by Gasteiger charge is -2.06. The van der Waals surface area contributed by atoms with Gasteiger partial charge in [0.25, 0.3) is 0 Å². The summed E-state index contributed by atoms with van der Waals surface area (Å²) < 4.78 is 0. The third-order valence-corrected chi connectivity index (χ3v) is 3.92. The second kappa shape index (κ2) is 3.59. The predicted molar refractivity (Wildman–Crippen MR) is 67.6 cm³/mol. The molecule has 0 amide bonds. The molecule has 3 N–H and O–H groups in total.